The van der Waals surface area contributed by atoms with Gasteiger partial charge in [0.1, 0.15) is 12.1 Å². The smallest absolute Gasteiger partial charge is 0.248 e. The molecule has 0 aliphatic carbocycles. The number of hydrogen-bond donors (Lipinski definition) is 1. The average molecular weight is 256 g/mol. The van der Waals surface area contributed by atoms with Crippen LogP contribution in [0.25, 0.3) is 22.3 Å². The van der Waals surface area contributed by atoms with Crippen LogP contribution in [0.2, 0.25) is 0 Å². The van der Waals surface area contributed by atoms with Gasteiger partial charge in [-0.1, -0.05) is 0 Å². The molecule has 0 atom stereocenters. The lowest BCUT2D eigenvalue weighted by Gasteiger charge is -2.08. The molecule has 0 radical (unpaired) electrons. The Bertz CT molecular complexity index is 804. The number of aromatic nitrogens is 4. The van der Waals surface area contributed by atoms with E-state index >= 15 is 0 Å². The Balaban J connectivity index is 2.32. The lowest BCUT2D eigenvalue weighted by Crippen LogP contribution is -2.04. The highest BCUT2D eigenvalue weighted by atomic mass is 16.5. The molecule has 0 aliphatic rings. The van der Waals surface area contributed by atoms with Crippen molar-refractivity contribution in [1.29, 1.82) is 0 Å². The maximum atomic E-state index is 11.4. The Morgan fingerprint density at radius 2 is 2.16 bits per heavy atom. The Morgan fingerprint density at radius 3 is 2.84 bits per heavy atom. The van der Waals surface area contributed by atoms with Crippen LogP contribution in [0.15, 0.2) is 35.4 Å². The van der Waals surface area contributed by atoms with Crippen molar-refractivity contribution in [2.24, 2.45) is 7.05 Å². The van der Waals surface area contributed by atoms with Crippen molar-refractivity contribution in [2.45, 2.75) is 0 Å². The minimum Gasteiger partial charge on any atom is -0.495 e. The Hall–Kier alpha value is -2.63. The molecule has 2 heterocycles. The summed E-state index contributed by atoms with van der Waals surface area (Å²) >= 11 is 0. The lowest BCUT2D eigenvalue weighted by atomic mass is 10.1. The highest BCUT2D eigenvalue weighted by molar-refractivity contribution is 5.88. The van der Waals surface area contributed by atoms with Gasteiger partial charge in [0.15, 0.2) is 5.82 Å². The summed E-state index contributed by atoms with van der Waals surface area (Å²) in [6.07, 6.45) is 1.50. The summed E-state index contributed by atoms with van der Waals surface area (Å²) in [5, 5.41) is 4.94. The minimum absolute atomic E-state index is 0.155. The Morgan fingerprint density at radius 1 is 1.32 bits per heavy atom. The molecular formula is C13H12N4O2. The number of rotatable bonds is 2. The molecule has 6 heteroatoms. The maximum Gasteiger partial charge on any atom is 0.248 e. The standard InChI is InChI=1S/C13H12N4O2/c1-17-13(14-7-15-17)9-5-8-3-4-11(18)16-12(8)10(6-9)19-2/h3-7H,1-2H3,(H,16,18). The summed E-state index contributed by atoms with van der Waals surface area (Å²) in [7, 11) is 3.40. The highest BCUT2D eigenvalue weighted by Crippen LogP contribution is 2.29. The largest absolute Gasteiger partial charge is 0.495 e. The van der Waals surface area contributed by atoms with E-state index in [4.69, 9.17) is 4.74 Å². The van der Waals surface area contributed by atoms with Crippen LogP contribution in [-0.4, -0.2) is 26.9 Å². The molecule has 19 heavy (non-hydrogen) atoms. The molecule has 1 N–H and O–H groups in total. The summed E-state index contributed by atoms with van der Waals surface area (Å²) in [5.41, 5.74) is 1.41. The first-order valence-electron chi connectivity index (χ1n) is 5.74. The molecule has 0 saturated carbocycles. The fourth-order valence-electron chi connectivity index (χ4n) is 2.08. The van der Waals surface area contributed by atoms with E-state index in [1.54, 1.807) is 17.9 Å². The molecular weight excluding hydrogens is 244 g/mol. The zero-order valence-electron chi connectivity index (χ0n) is 10.5. The monoisotopic (exact) mass is 256 g/mol. The minimum atomic E-state index is -0.155. The molecule has 0 aliphatic heterocycles. The number of ether oxygens (including phenoxy) is 1. The number of H-pyrrole nitrogens is 1. The van der Waals surface area contributed by atoms with Gasteiger partial charge in [0.25, 0.3) is 0 Å². The first kappa shape index (κ1) is 11.5. The number of pyridine rings is 1. The number of aryl methyl sites for hydroxylation is 1. The van der Waals surface area contributed by atoms with Crippen molar-refractivity contribution in [2.75, 3.05) is 7.11 Å². The third-order valence-corrected chi connectivity index (χ3v) is 2.98. The first-order valence-corrected chi connectivity index (χ1v) is 5.74. The van der Waals surface area contributed by atoms with Gasteiger partial charge >= 0.3 is 0 Å². The molecule has 3 rings (SSSR count). The third-order valence-electron chi connectivity index (χ3n) is 2.98. The predicted octanol–water partition coefficient (Wildman–Crippen LogP) is 1.33. The van der Waals surface area contributed by atoms with Gasteiger partial charge in [-0.2, -0.15) is 5.10 Å². The van der Waals surface area contributed by atoms with Crippen LogP contribution in [0.4, 0.5) is 0 Å². The number of fused-ring (bicyclic) bond motifs is 1. The molecule has 0 spiro atoms. The maximum absolute atomic E-state index is 11.4. The van der Waals surface area contributed by atoms with Gasteiger partial charge in [0, 0.05) is 24.1 Å². The third kappa shape index (κ3) is 1.87. The van der Waals surface area contributed by atoms with Gasteiger partial charge < -0.3 is 9.72 Å². The SMILES string of the molecule is COc1cc(-c2ncnn2C)cc2ccc(=O)[nH]c12. The van der Waals surface area contributed by atoms with Gasteiger partial charge in [-0.3, -0.25) is 4.79 Å². The molecule has 96 valence electrons. The van der Waals surface area contributed by atoms with Gasteiger partial charge in [-0.15, -0.1) is 0 Å². The number of methoxy groups -OCH3 is 1. The summed E-state index contributed by atoms with van der Waals surface area (Å²) in [6, 6.07) is 7.03. The predicted molar refractivity (Wildman–Crippen MR) is 71.1 cm³/mol. The van der Waals surface area contributed by atoms with E-state index in [0.29, 0.717) is 11.3 Å². The van der Waals surface area contributed by atoms with Gasteiger partial charge in [0.2, 0.25) is 5.56 Å². The fourth-order valence-corrected chi connectivity index (χ4v) is 2.08. The van der Waals surface area contributed by atoms with Crippen LogP contribution in [0.1, 0.15) is 0 Å². The second-order valence-corrected chi connectivity index (χ2v) is 4.17. The molecule has 0 amide bonds. The van der Waals surface area contributed by atoms with Crippen molar-refractivity contribution >= 4 is 10.9 Å². The summed E-state index contributed by atoms with van der Waals surface area (Å²) in [5.74, 6) is 1.35. The van der Waals surface area contributed by atoms with Crippen LogP contribution in [0, 0.1) is 0 Å². The molecule has 2 aromatic heterocycles. The van der Waals surface area contributed by atoms with Crippen molar-refractivity contribution in [3.8, 4) is 17.1 Å². The molecule has 0 unspecified atom stereocenters. The topological polar surface area (TPSA) is 72.8 Å². The molecule has 0 fully saturated rings. The van der Waals surface area contributed by atoms with E-state index in [9.17, 15) is 4.79 Å². The molecule has 3 aromatic rings. The summed E-state index contributed by atoms with van der Waals surface area (Å²) in [4.78, 5) is 18.4. The fraction of sp³-hybridized carbons (Fsp3) is 0.154. The molecule has 0 bridgehead atoms. The molecule has 1 aromatic carbocycles. The number of nitrogens with one attached hydrogen (secondary N) is 1. The van der Waals surface area contributed by atoms with Crippen LogP contribution in [0.3, 0.4) is 0 Å². The second-order valence-electron chi connectivity index (χ2n) is 4.17. The quantitative estimate of drug-likeness (QED) is 0.750. The van der Waals surface area contributed by atoms with Crippen molar-refractivity contribution in [3.05, 3.63) is 40.9 Å². The van der Waals surface area contributed by atoms with E-state index in [1.165, 1.54) is 12.4 Å². The van der Waals surface area contributed by atoms with Gasteiger partial charge in [-0.05, 0) is 18.2 Å². The zero-order chi connectivity index (χ0) is 13.4. The number of nitrogens with zero attached hydrogens (tertiary/aromatic N) is 3. The normalized spacial score (nSPS) is 10.8. The molecule has 6 nitrogen and oxygen atoms in total. The number of benzene rings is 1. The summed E-state index contributed by atoms with van der Waals surface area (Å²) in [6.45, 7) is 0. The van der Waals surface area contributed by atoms with Crippen molar-refractivity contribution in [3.63, 3.8) is 0 Å². The Kier molecular flexibility index (Phi) is 2.56. The zero-order valence-corrected chi connectivity index (χ0v) is 10.5. The van der Waals surface area contributed by atoms with Crippen molar-refractivity contribution < 1.29 is 4.74 Å². The average Bonchev–Trinajstić information content (AvgIpc) is 2.84. The van der Waals surface area contributed by atoms with Crippen LogP contribution in [0.5, 0.6) is 5.75 Å². The second kappa shape index (κ2) is 4.24. The van der Waals surface area contributed by atoms with Gasteiger partial charge in [-0.25, -0.2) is 9.67 Å². The number of hydrogen-bond acceptors (Lipinski definition) is 4. The van der Waals surface area contributed by atoms with Crippen molar-refractivity contribution in [1.82, 2.24) is 19.7 Å². The van der Waals surface area contributed by atoms with Crippen LogP contribution < -0.4 is 10.3 Å². The highest BCUT2D eigenvalue weighted by Gasteiger charge is 2.10. The van der Waals surface area contributed by atoms with E-state index in [1.807, 2.05) is 19.2 Å². The van der Waals surface area contributed by atoms with Crippen LogP contribution in [-0.2, 0) is 7.05 Å². The number of aromatic amines is 1. The van der Waals surface area contributed by atoms with Crippen LogP contribution >= 0.6 is 0 Å². The van der Waals surface area contributed by atoms with E-state index in [2.05, 4.69) is 15.1 Å². The summed E-state index contributed by atoms with van der Waals surface area (Å²) < 4.78 is 7.02. The van der Waals surface area contributed by atoms with E-state index in [-0.39, 0.29) is 5.56 Å². The lowest BCUT2D eigenvalue weighted by molar-refractivity contribution is 0.419. The van der Waals surface area contributed by atoms with Gasteiger partial charge in [0.05, 0.1) is 12.6 Å². The van der Waals surface area contributed by atoms with E-state index in [0.717, 1.165) is 16.8 Å². The Labute approximate surface area is 108 Å². The van der Waals surface area contributed by atoms with E-state index < -0.39 is 0 Å². The first-order chi connectivity index (χ1) is 9.19. The molecule has 0 saturated heterocycles.